The van der Waals surface area contributed by atoms with E-state index in [0.717, 1.165) is 10.6 Å². The topological polar surface area (TPSA) is 138 Å². The fourth-order valence-corrected chi connectivity index (χ4v) is 1.94. The van der Waals surface area contributed by atoms with E-state index in [1.165, 1.54) is 19.3 Å². The van der Waals surface area contributed by atoms with Crippen molar-refractivity contribution in [3.63, 3.8) is 0 Å². The summed E-state index contributed by atoms with van der Waals surface area (Å²) in [5, 5.41) is 6.12. The molecule has 0 fully saturated rings. The maximum absolute atomic E-state index is 11.6. The molecule has 0 spiro atoms. The number of carbonyl (C=O) groups excluding carboxylic acids is 1. The summed E-state index contributed by atoms with van der Waals surface area (Å²) in [5.41, 5.74) is -0.121. The predicted octanol–water partition coefficient (Wildman–Crippen LogP) is -1.07. The maximum atomic E-state index is 11.6. The van der Waals surface area contributed by atoms with E-state index >= 15 is 0 Å². The first-order valence-electron chi connectivity index (χ1n) is 6.46. The highest BCUT2D eigenvalue weighted by Crippen LogP contribution is 2.09. The maximum Gasteiger partial charge on any atom is 0.259 e. The number of hydrogen-bond acceptors (Lipinski definition) is 7. The number of sulfonamides is 1. The van der Waals surface area contributed by atoms with Crippen LogP contribution in [0.15, 0.2) is 27.6 Å². The van der Waals surface area contributed by atoms with Crippen molar-refractivity contribution in [2.75, 3.05) is 19.8 Å². The summed E-state index contributed by atoms with van der Waals surface area (Å²) >= 11 is 0. The van der Waals surface area contributed by atoms with Gasteiger partial charge in [0.15, 0.2) is 0 Å². The molecule has 124 valence electrons. The number of nitrogens with one attached hydrogen (secondary N) is 2. The van der Waals surface area contributed by atoms with Crippen molar-refractivity contribution in [1.29, 1.82) is 0 Å². The first-order chi connectivity index (χ1) is 10.8. The molecule has 0 unspecified atom stereocenters. The molecule has 1 amide bonds. The van der Waals surface area contributed by atoms with Gasteiger partial charge in [0.2, 0.25) is 27.6 Å². The van der Waals surface area contributed by atoms with Crippen LogP contribution in [0.5, 0.6) is 0 Å². The first-order valence-corrected chi connectivity index (χ1v) is 8.31. The van der Waals surface area contributed by atoms with E-state index in [0.29, 0.717) is 0 Å². The molecular formula is C12H15N5O5S. The van der Waals surface area contributed by atoms with Crippen LogP contribution in [0.3, 0.4) is 0 Å². The number of pyridine rings is 1. The number of aromatic amines is 1. The van der Waals surface area contributed by atoms with Crippen LogP contribution in [0.2, 0.25) is 0 Å². The largest absolute Gasteiger partial charge is 0.346 e. The van der Waals surface area contributed by atoms with E-state index < -0.39 is 15.9 Å². The van der Waals surface area contributed by atoms with E-state index in [-0.39, 0.29) is 35.9 Å². The van der Waals surface area contributed by atoms with Crippen molar-refractivity contribution in [2.24, 2.45) is 0 Å². The molecule has 0 radical (unpaired) electrons. The van der Waals surface area contributed by atoms with Crippen LogP contribution in [0.25, 0.3) is 11.4 Å². The fraction of sp³-hybridized carbons (Fsp3) is 0.333. The summed E-state index contributed by atoms with van der Waals surface area (Å²) < 4.78 is 28.3. The minimum Gasteiger partial charge on any atom is -0.346 e. The summed E-state index contributed by atoms with van der Waals surface area (Å²) in [6.07, 6.45) is 2.48. The Balaban J connectivity index is 1.97. The van der Waals surface area contributed by atoms with E-state index in [1.807, 2.05) is 0 Å². The number of aromatic nitrogens is 3. The molecule has 2 heterocycles. The van der Waals surface area contributed by atoms with Crippen molar-refractivity contribution >= 4 is 15.9 Å². The van der Waals surface area contributed by atoms with Crippen LogP contribution in [0.4, 0.5) is 0 Å². The standard InChI is InChI=1S/C12H15N5O5S/c1-17(23(2,20)21)7-9(18)14-6-10-15-11(16-22-10)8-4-3-5-13-12(8)19/h3-5H,6-7H2,1-2H3,(H,13,19)(H,14,18). The highest BCUT2D eigenvalue weighted by molar-refractivity contribution is 7.88. The van der Waals surface area contributed by atoms with Crippen molar-refractivity contribution in [3.05, 3.63) is 34.6 Å². The average molecular weight is 341 g/mol. The van der Waals surface area contributed by atoms with Gasteiger partial charge in [0.05, 0.1) is 24.9 Å². The Morgan fingerprint density at radius 1 is 1.48 bits per heavy atom. The number of carbonyl (C=O) groups is 1. The van der Waals surface area contributed by atoms with Gasteiger partial charge in [-0.25, -0.2) is 8.42 Å². The van der Waals surface area contributed by atoms with E-state index in [2.05, 4.69) is 20.4 Å². The van der Waals surface area contributed by atoms with Gasteiger partial charge in [-0.15, -0.1) is 0 Å². The summed E-state index contributed by atoms with van der Waals surface area (Å²) in [7, 11) is -2.14. The molecule has 2 N–H and O–H groups in total. The van der Waals surface area contributed by atoms with Gasteiger partial charge >= 0.3 is 0 Å². The minimum absolute atomic E-state index is 0.0752. The van der Waals surface area contributed by atoms with Crippen molar-refractivity contribution in [2.45, 2.75) is 6.54 Å². The minimum atomic E-state index is -3.43. The van der Waals surface area contributed by atoms with Gasteiger partial charge in [0, 0.05) is 13.2 Å². The molecule has 10 nitrogen and oxygen atoms in total. The van der Waals surface area contributed by atoms with E-state index in [9.17, 15) is 18.0 Å². The SMILES string of the molecule is CN(CC(=O)NCc1nc(-c2ccc[nH]c2=O)no1)S(C)(=O)=O. The normalized spacial score (nSPS) is 11.6. The van der Waals surface area contributed by atoms with Gasteiger partial charge in [-0.3, -0.25) is 9.59 Å². The Bertz CT molecular complexity index is 856. The molecule has 2 rings (SSSR count). The molecule has 0 saturated carbocycles. The summed E-state index contributed by atoms with van der Waals surface area (Å²) in [5.74, 6) is -0.321. The fourth-order valence-electron chi connectivity index (χ4n) is 1.58. The lowest BCUT2D eigenvalue weighted by Gasteiger charge is -2.12. The molecule has 2 aromatic heterocycles. The zero-order valence-corrected chi connectivity index (χ0v) is 13.3. The lowest BCUT2D eigenvalue weighted by atomic mass is 10.3. The Morgan fingerprint density at radius 2 is 2.22 bits per heavy atom. The second-order valence-electron chi connectivity index (χ2n) is 4.72. The number of hydrogen-bond donors (Lipinski definition) is 2. The molecule has 0 aliphatic rings. The van der Waals surface area contributed by atoms with E-state index in [1.54, 1.807) is 6.07 Å². The smallest absolute Gasteiger partial charge is 0.259 e. The molecule has 2 aromatic rings. The average Bonchev–Trinajstić information content (AvgIpc) is 2.93. The molecule has 0 bridgehead atoms. The third kappa shape index (κ3) is 4.47. The number of nitrogens with zero attached hydrogens (tertiary/aromatic N) is 3. The van der Waals surface area contributed by atoms with Crippen LogP contribution >= 0.6 is 0 Å². The van der Waals surface area contributed by atoms with Crippen LogP contribution < -0.4 is 10.9 Å². The van der Waals surface area contributed by atoms with Gasteiger partial charge in [-0.2, -0.15) is 9.29 Å². The molecule has 0 atom stereocenters. The number of likely N-dealkylation sites (N-methyl/N-ethyl adjacent to an activating group) is 1. The summed E-state index contributed by atoms with van der Waals surface area (Å²) in [6, 6.07) is 3.16. The van der Waals surface area contributed by atoms with Crippen LogP contribution in [-0.2, 0) is 21.4 Å². The van der Waals surface area contributed by atoms with Crippen molar-refractivity contribution in [3.8, 4) is 11.4 Å². The lowest BCUT2D eigenvalue weighted by molar-refractivity contribution is -0.121. The molecule has 0 aliphatic carbocycles. The van der Waals surface area contributed by atoms with Gasteiger partial charge in [0.25, 0.3) is 5.56 Å². The zero-order valence-electron chi connectivity index (χ0n) is 12.4. The lowest BCUT2D eigenvalue weighted by Crippen LogP contribution is -2.37. The van der Waals surface area contributed by atoms with Crippen molar-refractivity contribution < 1.29 is 17.7 Å². The molecular weight excluding hydrogens is 326 g/mol. The predicted molar refractivity (Wildman–Crippen MR) is 79.7 cm³/mol. The van der Waals surface area contributed by atoms with Crippen LogP contribution in [0, 0.1) is 0 Å². The van der Waals surface area contributed by atoms with E-state index in [4.69, 9.17) is 4.52 Å². The van der Waals surface area contributed by atoms with Crippen molar-refractivity contribution in [1.82, 2.24) is 24.7 Å². The number of H-pyrrole nitrogens is 1. The molecule has 0 aliphatic heterocycles. The van der Waals surface area contributed by atoms with Gasteiger partial charge in [-0.1, -0.05) is 5.16 Å². The summed E-state index contributed by atoms with van der Waals surface area (Å²) in [6.45, 7) is -0.396. The van der Waals surface area contributed by atoms with Crippen LogP contribution in [0.1, 0.15) is 5.89 Å². The van der Waals surface area contributed by atoms with Crippen LogP contribution in [-0.4, -0.2) is 53.6 Å². The van der Waals surface area contributed by atoms with Gasteiger partial charge < -0.3 is 14.8 Å². The molecule has 0 saturated heterocycles. The molecule has 0 aromatic carbocycles. The van der Waals surface area contributed by atoms with Gasteiger partial charge in [0.1, 0.15) is 0 Å². The molecule has 23 heavy (non-hydrogen) atoms. The highest BCUT2D eigenvalue weighted by Gasteiger charge is 2.16. The number of rotatable bonds is 6. The highest BCUT2D eigenvalue weighted by atomic mass is 32.2. The third-order valence-electron chi connectivity index (χ3n) is 2.90. The Morgan fingerprint density at radius 3 is 2.87 bits per heavy atom. The second-order valence-corrected chi connectivity index (χ2v) is 6.81. The Labute approximate surface area is 131 Å². The Hall–Kier alpha value is -2.53. The third-order valence-corrected chi connectivity index (χ3v) is 4.16. The summed E-state index contributed by atoms with van der Waals surface area (Å²) in [4.78, 5) is 29.7. The van der Waals surface area contributed by atoms with Gasteiger partial charge in [-0.05, 0) is 12.1 Å². The Kier molecular flexibility index (Phi) is 4.91. The number of amides is 1. The quantitative estimate of drug-likeness (QED) is 0.682. The monoisotopic (exact) mass is 341 g/mol. The zero-order chi connectivity index (χ0) is 17.0. The first kappa shape index (κ1) is 16.8. The second kappa shape index (κ2) is 6.71. The molecule has 11 heteroatoms.